The first kappa shape index (κ1) is 17.6. The summed E-state index contributed by atoms with van der Waals surface area (Å²) in [5.74, 6) is 0.164. The molecule has 1 aromatic carbocycles. The van der Waals surface area contributed by atoms with Crippen LogP contribution in [-0.4, -0.2) is 37.7 Å². The summed E-state index contributed by atoms with van der Waals surface area (Å²) >= 11 is 2.18. The Kier molecular flexibility index (Phi) is 5.51. The van der Waals surface area contributed by atoms with Crippen LogP contribution in [-0.2, 0) is 9.53 Å². The lowest BCUT2D eigenvalue weighted by atomic mass is 9.94. The Morgan fingerprint density at radius 1 is 1.43 bits per heavy atom. The van der Waals surface area contributed by atoms with Gasteiger partial charge in [-0.05, 0) is 54.6 Å². The molecule has 1 aliphatic rings. The Bertz CT molecular complexity index is 672. The average Bonchev–Trinajstić information content (AvgIpc) is 2.52. The third-order valence-corrected chi connectivity index (χ3v) is 4.42. The zero-order chi connectivity index (χ0) is 17.1. The second-order valence-corrected chi connectivity index (χ2v) is 6.29. The fraction of sp³-hybridized carbons (Fsp3) is 0.375. The maximum Gasteiger partial charge on any atom is 0.338 e. The van der Waals surface area contributed by atoms with E-state index in [4.69, 9.17) is 9.47 Å². The number of carbonyl (C=O) groups is 2. The monoisotopic (exact) mass is 430 g/mol. The summed E-state index contributed by atoms with van der Waals surface area (Å²) < 4.78 is 11.5. The number of nitrogens with one attached hydrogen (secondary N) is 1. The molecule has 0 spiro atoms. The second-order valence-electron chi connectivity index (χ2n) is 5.05. The summed E-state index contributed by atoms with van der Waals surface area (Å²) in [6.07, 6.45) is 0. The van der Waals surface area contributed by atoms with Gasteiger partial charge in [-0.1, -0.05) is 0 Å². The average molecular weight is 430 g/mol. The Labute approximate surface area is 149 Å². The number of halogens is 1. The predicted molar refractivity (Wildman–Crippen MR) is 94.1 cm³/mol. The van der Waals surface area contributed by atoms with Gasteiger partial charge in [-0.25, -0.2) is 9.59 Å². The highest BCUT2D eigenvalue weighted by molar-refractivity contribution is 14.1. The molecule has 0 bridgehead atoms. The molecule has 1 unspecified atom stereocenters. The van der Waals surface area contributed by atoms with E-state index >= 15 is 0 Å². The van der Waals surface area contributed by atoms with Crippen LogP contribution in [0.3, 0.4) is 0 Å². The normalized spacial score (nSPS) is 17.9. The highest BCUT2D eigenvalue weighted by Crippen LogP contribution is 2.36. The molecular weight excluding hydrogens is 411 g/mol. The number of ether oxygens (including phenoxy) is 2. The van der Waals surface area contributed by atoms with Gasteiger partial charge in [-0.15, -0.1) is 0 Å². The van der Waals surface area contributed by atoms with Crippen molar-refractivity contribution in [3.8, 4) is 5.75 Å². The van der Waals surface area contributed by atoms with Gasteiger partial charge in [0.1, 0.15) is 5.75 Å². The minimum Gasteiger partial charge on any atom is -0.496 e. The summed E-state index contributed by atoms with van der Waals surface area (Å²) in [5, 5.41) is 2.85. The van der Waals surface area contributed by atoms with Crippen molar-refractivity contribution < 1.29 is 19.1 Å². The molecule has 2 rings (SSSR count). The molecule has 7 heteroatoms. The third-order valence-electron chi connectivity index (χ3n) is 3.75. The predicted octanol–water partition coefficient (Wildman–Crippen LogP) is 2.83. The lowest BCUT2D eigenvalue weighted by Gasteiger charge is -2.33. The zero-order valence-electron chi connectivity index (χ0n) is 13.5. The fourth-order valence-electron chi connectivity index (χ4n) is 2.47. The lowest BCUT2D eigenvalue weighted by molar-refractivity contribution is -0.139. The van der Waals surface area contributed by atoms with Crippen molar-refractivity contribution in [2.75, 3.05) is 20.8 Å². The highest BCUT2D eigenvalue weighted by Gasteiger charge is 2.36. The van der Waals surface area contributed by atoms with Crippen molar-refractivity contribution in [3.63, 3.8) is 0 Å². The lowest BCUT2D eigenvalue weighted by Crippen LogP contribution is -2.46. The Morgan fingerprint density at radius 2 is 2.13 bits per heavy atom. The van der Waals surface area contributed by atoms with Crippen LogP contribution in [0.5, 0.6) is 5.75 Å². The van der Waals surface area contributed by atoms with Crippen LogP contribution in [0, 0.1) is 3.57 Å². The first-order chi connectivity index (χ1) is 10.9. The van der Waals surface area contributed by atoms with E-state index in [9.17, 15) is 9.59 Å². The molecule has 124 valence electrons. The molecule has 0 aromatic heterocycles. The molecule has 0 saturated carbocycles. The number of esters is 1. The van der Waals surface area contributed by atoms with Gasteiger partial charge < -0.3 is 19.7 Å². The van der Waals surface area contributed by atoms with Crippen LogP contribution in [0.15, 0.2) is 29.5 Å². The van der Waals surface area contributed by atoms with Crippen molar-refractivity contribution in [1.82, 2.24) is 10.2 Å². The van der Waals surface area contributed by atoms with Gasteiger partial charge in [0.25, 0.3) is 0 Å². The van der Waals surface area contributed by atoms with Crippen molar-refractivity contribution in [3.05, 3.63) is 38.6 Å². The number of rotatable bonds is 4. The molecule has 23 heavy (non-hydrogen) atoms. The number of allylic oxidation sites excluding steroid dienone is 1. The summed E-state index contributed by atoms with van der Waals surface area (Å²) in [7, 11) is 3.18. The van der Waals surface area contributed by atoms with Gasteiger partial charge in [-0.2, -0.15) is 0 Å². The number of amides is 2. The maximum absolute atomic E-state index is 12.4. The van der Waals surface area contributed by atoms with Gasteiger partial charge in [-0.3, -0.25) is 0 Å². The van der Waals surface area contributed by atoms with E-state index in [1.807, 2.05) is 18.2 Å². The summed E-state index contributed by atoms with van der Waals surface area (Å²) in [6.45, 7) is 3.75. The number of carbonyl (C=O) groups excluding carboxylic acids is 2. The molecule has 0 aliphatic carbocycles. The quantitative estimate of drug-likeness (QED) is 0.590. The standard InChI is InChI=1S/C16H19IN2O4/c1-5-23-15(20)13-9(2)19(3)16(21)18-14(13)11-8-10(17)6-7-12(11)22-4/h6-8,14H,5H2,1-4H3,(H,18,21). The molecule has 1 aliphatic heterocycles. The number of methoxy groups -OCH3 is 1. The van der Waals surface area contributed by atoms with Crippen molar-refractivity contribution in [1.29, 1.82) is 0 Å². The minimum absolute atomic E-state index is 0.267. The fourth-order valence-corrected chi connectivity index (χ4v) is 2.99. The highest BCUT2D eigenvalue weighted by atomic mass is 127. The van der Waals surface area contributed by atoms with E-state index in [-0.39, 0.29) is 12.6 Å². The van der Waals surface area contributed by atoms with E-state index in [1.54, 1.807) is 28.0 Å². The van der Waals surface area contributed by atoms with E-state index in [1.165, 1.54) is 4.90 Å². The minimum atomic E-state index is -0.609. The molecule has 1 atom stereocenters. The van der Waals surface area contributed by atoms with Gasteiger partial charge >= 0.3 is 12.0 Å². The van der Waals surface area contributed by atoms with E-state index < -0.39 is 12.0 Å². The van der Waals surface area contributed by atoms with E-state index in [2.05, 4.69) is 27.9 Å². The summed E-state index contributed by atoms with van der Waals surface area (Å²) in [6, 6.07) is 4.73. The summed E-state index contributed by atoms with van der Waals surface area (Å²) in [4.78, 5) is 26.0. The Morgan fingerprint density at radius 3 is 2.74 bits per heavy atom. The molecule has 0 fully saturated rings. The SMILES string of the molecule is CCOC(=O)C1=C(C)N(C)C(=O)NC1c1cc(I)ccc1OC. The van der Waals surface area contributed by atoms with E-state index in [0.717, 1.165) is 9.13 Å². The second kappa shape index (κ2) is 7.20. The van der Waals surface area contributed by atoms with Crippen LogP contribution < -0.4 is 10.1 Å². The molecule has 1 heterocycles. The first-order valence-corrected chi connectivity index (χ1v) is 8.24. The Hall–Kier alpha value is -1.77. The number of benzene rings is 1. The van der Waals surface area contributed by atoms with Gasteiger partial charge in [0.15, 0.2) is 0 Å². The first-order valence-electron chi connectivity index (χ1n) is 7.16. The van der Waals surface area contributed by atoms with Crippen LogP contribution in [0.2, 0.25) is 0 Å². The van der Waals surface area contributed by atoms with Crippen LogP contribution in [0.25, 0.3) is 0 Å². The van der Waals surface area contributed by atoms with Crippen molar-refractivity contribution in [2.24, 2.45) is 0 Å². The van der Waals surface area contributed by atoms with Crippen LogP contribution in [0.1, 0.15) is 25.5 Å². The molecule has 2 amide bonds. The van der Waals surface area contributed by atoms with Gasteiger partial charge in [0.2, 0.25) is 0 Å². The van der Waals surface area contributed by atoms with Crippen molar-refractivity contribution >= 4 is 34.6 Å². The van der Waals surface area contributed by atoms with Crippen LogP contribution >= 0.6 is 22.6 Å². The van der Waals surface area contributed by atoms with Gasteiger partial charge in [0.05, 0.1) is 25.3 Å². The van der Waals surface area contributed by atoms with Crippen molar-refractivity contribution in [2.45, 2.75) is 19.9 Å². The maximum atomic E-state index is 12.4. The molecule has 1 aromatic rings. The topological polar surface area (TPSA) is 67.9 Å². The molecular formula is C16H19IN2O4. The smallest absolute Gasteiger partial charge is 0.338 e. The molecule has 0 radical (unpaired) electrons. The Balaban J connectivity index is 2.60. The number of urea groups is 1. The molecule has 1 N–H and O–H groups in total. The van der Waals surface area contributed by atoms with Crippen LogP contribution in [0.4, 0.5) is 4.79 Å². The third kappa shape index (κ3) is 3.44. The van der Waals surface area contributed by atoms with Gasteiger partial charge in [0, 0.05) is 21.9 Å². The molecule has 0 saturated heterocycles. The molecule has 6 nitrogen and oxygen atoms in total. The number of hydrogen-bond acceptors (Lipinski definition) is 4. The largest absolute Gasteiger partial charge is 0.496 e. The zero-order valence-corrected chi connectivity index (χ0v) is 15.6. The summed E-state index contributed by atoms with van der Waals surface area (Å²) in [5.41, 5.74) is 1.70. The number of nitrogens with zero attached hydrogens (tertiary/aromatic N) is 1. The van der Waals surface area contributed by atoms with E-state index in [0.29, 0.717) is 17.0 Å². The number of hydrogen-bond donors (Lipinski definition) is 1.